The molecule has 0 saturated carbocycles. The maximum Gasteiger partial charge on any atom is 0.426 e. The molecule has 1 N–H and O–H groups in total. The fourth-order valence-electron chi connectivity index (χ4n) is 2.71. The van der Waals surface area contributed by atoms with Crippen LogP contribution in [0.1, 0.15) is 19.3 Å². The van der Waals surface area contributed by atoms with Gasteiger partial charge in [0.15, 0.2) is 0 Å². The molecule has 2 saturated heterocycles. The summed E-state index contributed by atoms with van der Waals surface area (Å²) in [6, 6.07) is 0. The molecule has 118 valence electrons. The third-order valence-corrected chi connectivity index (χ3v) is 3.88. The molecule has 0 spiro atoms. The van der Waals surface area contributed by atoms with E-state index in [1.54, 1.807) is 0 Å². The lowest BCUT2D eigenvalue weighted by molar-refractivity contribution is -0.375. The number of ether oxygens (including phenoxy) is 1. The zero-order valence-electron chi connectivity index (χ0n) is 9.73. The Kier molecular flexibility index (Phi) is 3.29. The first-order chi connectivity index (χ1) is 8.81. The van der Waals surface area contributed by atoms with Crippen molar-refractivity contribution >= 4 is 0 Å². The van der Waals surface area contributed by atoms with E-state index in [0.717, 1.165) is 0 Å². The highest BCUT2D eigenvalue weighted by Gasteiger charge is 2.74. The Morgan fingerprint density at radius 1 is 1.00 bits per heavy atom. The molecule has 0 aromatic heterocycles. The number of hydrogen-bond donors (Lipinski definition) is 1. The summed E-state index contributed by atoms with van der Waals surface area (Å²) in [7, 11) is 0. The number of fused-ring (bicyclic) bond motifs is 2. The van der Waals surface area contributed by atoms with E-state index < -0.39 is 48.4 Å². The quantitative estimate of drug-likeness (QED) is 0.794. The molecule has 0 radical (unpaired) electrons. The molecule has 2 heterocycles. The van der Waals surface area contributed by atoms with E-state index in [2.05, 4.69) is 4.74 Å². The standard InChI is InChI=1S/C10H10F8O2/c11-8(12)4(5-1-2-6(8)20-5)3-7(19,9(13,14)15)10(16,17)18/h4-6,19H,1-3H2. The van der Waals surface area contributed by atoms with Crippen LogP contribution >= 0.6 is 0 Å². The highest BCUT2D eigenvalue weighted by Crippen LogP contribution is 2.56. The van der Waals surface area contributed by atoms with Crippen LogP contribution in [0.25, 0.3) is 0 Å². The Hall–Kier alpha value is -0.640. The van der Waals surface area contributed by atoms with Crippen LogP contribution in [-0.2, 0) is 4.74 Å². The molecule has 2 aliphatic heterocycles. The number of alkyl halides is 8. The largest absolute Gasteiger partial charge is 0.426 e. The van der Waals surface area contributed by atoms with E-state index in [1.165, 1.54) is 0 Å². The Morgan fingerprint density at radius 2 is 1.50 bits per heavy atom. The van der Waals surface area contributed by atoms with Gasteiger partial charge in [-0.15, -0.1) is 0 Å². The summed E-state index contributed by atoms with van der Waals surface area (Å²) in [6.45, 7) is 0. The van der Waals surface area contributed by atoms with Gasteiger partial charge in [-0.1, -0.05) is 0 Å². The van der Waals surface area contributed by atoms with Crippen LogP contribution in [-0.4, -0.2) is 41.2 Å². The maximum absolute atomic E-state index is 13.6. The number of aliphatic hydroxyl groups is 1. The van der Waals surface area contributed by atoms with Crippen LogP contribution in [0, 0.1) is 5.92 Å². The normalized spacial score (nSPS) is 33.8. The Labute approximate surface area is 107 Å². The second kappa shape index (κ2) is 4.19. The first-order valence-corrected chi connectivity index (χ1v) is 5.70. The van der Waals surface area contributed by atoms with E-state index in [4.69, 9.17) is 5.11 Å². The van der Waals surface area contributed by atoms with Crippen molar-refractivity contribution in [3.8, 4) is 0 Å². The minimum absolute atomic E-state index is 0.0449. The second-order valence-electron chi connectivity index (χ2n) is 5.08. The molecule has 3 unspecified atom stereocenters. The van der Waals surface area contributed by atoms with Crippen molar-refractivity contribution in [2.45, 2.75) is 55.3 Å². The Bertz CT molecular complexity index is 374. The fourth-order valence-corrected chi connectivity index (χ4v) is 2.71. The smallest absolute Gasteiger partial charge is 0.374 e. The van der Waals surface area contributed by atoms with E-state index in [1.807, 2.05) is 0 Å². The summed E-state index contributed by atoms with van der Waals surface area (Å²) in [6.07, 6.45) is -17.6. The van der Waals surface area contributed by atoms with Crippen LogP contribution in [0.3, 0.4) is 0 Å². The molecule has 2 bridgehead atoms. The van der Waals surface area contributed by atoms with Gasteiger partial charge in [-0.25, -0.2) is 8.78 Å². The Balaban J connectivity index is 2.31. The molecule has 2 fully saturated rings. The lowest BCUT2D eigenvalue weighted by Gasteiger charge is -2.37. The zero-order valence-corrected chi connectivity index (χ0v) is 9.73. The van der Waals surface area contributed by atoms with Gasteiger partial charge in [-0.05, 0) is 12.8 Å². The predicted octanol–water partition coefficient (Wildman–Crippen LogP) is 3.04. The SMILES string of the molecule is OC(CC1C2CCC(O2)C1(F)F)(C(F)(F)F)C(F)(F)F. The van der Waals surface area contributed by atoms with E-state index in [-0.39, 0.29) is 12.8 Å². The summed E-state index contributed by atoms with van der Waals surface area (Å²) >= 11 is 0. The highest BCUT2D eigenvalue weighted by atomic mass is 19.4. The van der Waals surface area contributed by atoms with Crippen molar-refractivity contribution in [2.24, 2.45) is 5.92 Å². The zero-order chi connectivity index (χ0) is 15.6. The molecule has 3 atom stereocenters. The van der Waals surface area contributed by atoms with Crippen LogP contribution in [0.4, 0.5) is 35.1 Å². The first-order valence-electron chi connectivity index (χ1n) is 5.70. The summed E-state index contributed by atoms with van der Waals surface area (Å²) in [5, 5.41) is 8.97. The highest BCUT2D eigenvalue weighted by molar-refractivity contribution is 5.07. The van der Waals surface area contributed by atoms with Crippen LogP contribution < -0.4 is 0 Å². The van der Waals surface area contributed by atoms with Crippen molar-refractivity contribution < 1.29 is 45.0 Å². The van der Waals surface area contributed by atoms with Crippen molar-refractivity contribution in [3.63, 3.8) is 0 Å². The van der Waals surface area contributed by atoms with Crippen molar-refractivity contribution in [3.05, 3.63) is 0 Å². The monoisotopic (exact) mass is 314 g/mol. The minimum Gasteiger partial charge on any atom is -0.374 e. The van der Waals surface area contributed by atoms with E-state index in [9.17, 15) is 35.1 Å². The molecule has 0 amide bonds. The summed E-state index contributed by atoms with van der Waals surface area (Å²) < 4.78 is 107. The maximum atomic E-state index is 13.6. The van der Waals surface area contributed by atoms with E-state index >= 15 is 0 Å². The number of rotatable bonds is 2. The van der Waals surface area contributed by atoms with Gasteiger partial charge in [-0.3, -0.25) is 0 Å². The van der Waals surface area contributed by atoms with Gasteiger partial charge in [0.25, 0.3) is 11.5 Å². The van der Waals surface area contributed by atoms with Crippen LogP contribution in [0.15, 0.2) is 0 Å². The summed E-state index contributed by atoms with van der Waals surface area (Å²) in [5.74, 6) is -6.12. The summed E-state index contributed by atoms with van der Waals surface area (Å²) in [4.78, 5) is 0. The molecule has 0 aliphatic carbocycles. The van der Waals surface area contributed by atoms with Gasteiger partial charge >= 0.3 is 12.4 Å². The number of halogens is 8. The molecule has 0 aromatic rings. The second-order valence-corrected chi connectivity index (χ2v) is 5.08. The lowest BCUT2D eigenvalue weighted by Crippen LogP contribution is -2.59. The molecule has 2 nitrogen and oxygen atoms in total. The van der Waals surface area contributed by atoms with E-state index in [0.29, 0.717) is 0 Å². The third-order valence-electron chi connectivity index (χ3n) is 3.88. The molecule has 10 heteroatoms. The fraction of sp³-hybridized carbons (Fsp3) is 1.00. The van der Waals surface area contributed by atoms with Gasteiger partial charge in [-0.2, -0.15) is 26.3 Å². The third kappa shape index (κ3) is 2.07. The molecular weight excluding hydrogens is 304 g/mol. The topological polar surface area (TPSA) is 29.5 Å². The van der Waals surface area contributed by atoms with Crippen molar-refractivity contribution in [1.29, 1.82) is 0 Å². The minimum atomic E-state index is -6.09. The van der Waals surface area contributed by atoms with Gasteiger partial charge in [0.2, 0.25) is 0 Å². The average Bonchev–Trinajstić information content (AvgIpc) is 2.77. The van der Waals surface area contributed by atoms with Gasteiger partial charge in [0, 0.05) is 6.42 Å². The van der Waals surface area contributed by atoms with Gasteiger partial charge < -0.3 is 9.84 Å². The summed E-state index contributed by atoms with van der Waals surface area (Å²) in [5.41, 5.74) is -5.16. The lowest BCUT2D eigenvalue weighted by atomic mass is 9.77. The molecule has 2 rings (SSSR count). The Morgan fingerprint density at radius 3 is 1.85 bits per heavy atom. The molecule has 0 aromatic carbocycles. The molecular formula is C10H10F8O2. The average molecular weight is 314 g/mol. The molecule has 20 heavy (non-hydrogen) atoms. The number of hydrogen-bond acceptors (Lipinski definition) is 2. The predicted molar refractivity (Wildman–Crippen MR) is 48.0 cm³/mol. The van der Waals surface area contributed by atoms with Crippen LogP contribution in [0.2, 0.25) is 0 Å². The van der Waals surface area contributed by atoms with Crippen molar-refractivity contribution in [2.75, 3.05) is 0 Å². The van der Waals surface area contributed by atoms with Crippen LogP contribution in [0.5, 0.6) is 0 Å². The van der Waals surface area contributed by atoms with Gasteiger partial charge in [0.1, 0.15) is 6.10 Å². The molecule has 2 aliphatic rings. The van der Waals surface area contributed by atoms with Gasteiger partial charge in [0.05, 0.1) is 12.0 Å². The van der Waals surface area contributed by atoms with Crippen molar-refractivity contribution in [1.82, 2.24) is 0 Å². The first kappa shape index (κ1) is 15.7.